The second-order valence-electron chi connectivity index (χ2n) is 5.29. The van der Waals surface area contributed by atoms with E-state index in [2.05, 4.69) is 22.9 Å². The van der Waals surface area contributed by atoms with Gasteiger partial charge in [0.2, 0.25) is 5.91 Å². The van der Waals surface area contributed by atoms with Crippen molar-refractivity contribution < 1.29 is 14.0 Å². The highest BCUT2D eigenvalue weighted by Crippen LogP contribution is 2.11. The van der Waals surface area contributed by atoms with Crippen molar-refractivity contribution in [1.29, 1.82) is 0 Å². The normalized spacial score (nSPS) is 23.9. The molecule has 2 rings (SSSR count). The lowest BCUT2D eigenvalue weighted by atomic mass is 9.94. The van der Waals surface area contributed by atoms with E-state index >= 15 is 0 Å². The fourth-order valence-corrected chi connectivity index (χ4v) is 2.23. The van der Waals surface area contributed by atoms with Crippen LogP contribution in [0.5, 0.6) is 0 Å². The molecule has 1 aliphatic rings. The zero-order valence-electron chi connectivity index (χ0n) is 11.8. The number of piperidine rings is 1. The molecule has 6 heteroatoms. The van der Waals surface area contributed by atoms with Gasteiger partial charge in [0.15, 0.2) is 0 Å². The fraction of sp³-hybridized carbons (Fsp3) is 0.571. The molecule has 1 saturated heterocycles. The Morgan fingerprint density at radius 2 is 2.30 bits per heavy atom. The summed E-state index contributed by atoms with van der Waals surface area (Å²) in [4.78, 5) is 23.9. The molecule has 1 aromatic rings. The highest BCUT2D eigenvalue weighted by molar-refractivity contribution is 5.97. The van der Waals surface area contributed by atoms with Crippen molar-refractivity contribution in [1.82, 2.24) is 16.0 Å². The molecule has 1 fully saturated rings. The zero-order valence-corrected chi connectivity index (χ0v) is 11.8. The van der Waals surface area contributed by atoms with Gasteiger partial charge in [-0.1, -0.05) is 6.92 Å². The summed E-state index contributed by atoms with van der Waals surface area (Å²) in [7, 11) is 0. The maximum absolute atomic E-state index is 12.1. The first-order chi connectivity index (χ1) is 9.58. The largest absolute Gasteiger partial charge is 0.472 e. The van der Waals surface area contributed by atoms with Crippen LogP contribution >= 0.6 is 0 Å². The van der Waals surface area contributed by atoms with Gasteiger partial charge in [0, 0.05) is 12.6 Å². The van der Waals surface area contributed by atoms with Crippen molar-refractivity contribution in [2.24, 2.45) is 5.92 Å². The van der Waals surface area contributed by atoms with Crippen molar-refractivity contribution >= 4 is 11.8 Å². The Bertz CT molecular complexity index is 458. The number of carbonyl (C=O) groups is 2. The van der Waals surface area contributed by atoms with E-state index in [1.807, 2.05) is 0 Å². The Morgan fingerprint density at radius 1 is 1.50 bits per heavy atom. The van der Waals surface area contributed by atoms with Gasteiger partial charge in [-0.3, -0.25) is 9.59 Å². The number of hydrogen-bond acceptors (Lipinski definition) is 4. The number of hydrogen-bond donors (Lipinski definition) is 3. The summed E-state index contributed by atoms with van der Waals surface area (Å²) in [5.74, 6) is -0.0319. The third-order valence-electron chi connectivity index (χ3n) is 3.68. The molecular formula is C14H21N3O3. The first-order valence-corrected chi connectivity index (χ1v) is 6.92. The van der Waals surface area contributed by atoms with Crippen LogP contribution in [0.1, 0.15) is 30.6 Å². The molecule has 20 heavy (non-hydrogen) atoms. The van der Waals surface area contributed by atoms with Gasteiger partial charge in [0.05, 0.1) is 11.8 Å². The monoisotopic (exact) mass is 279 g/mol. The quantitative estimate of drug-likeness (QED) is 0.750. The van der Waals surface area contributed by atoms with E-state index in [0.717, 1.165) is 19.5 Å². The maximum Gasteiger partial charge on any atom is 0.255 e. The summed E-state index contributed by atoms with van der Waals surface area (Å²) in [5, 5.41) is 8.89. The number of carbonyl (C=O) groups excluding carboxylic acids is 2. The molecule has 0 aliphatic carbocycles. The van der Waals surface area contributed by atoms with Crippen molar-refractivity contribution in [3.05, 3.63) is 24.2 Å². The van der Waals surface area contributed by atoms with Crippen LogP contribution in [0.15, 0.2) is 23.0 Å². The van der Waals surface area contributed by atoms with Gasteiger partial charge in [-0.05, 0) is 31.9 Å². The number of nitrogens with one attached hydrogen (secondary N) is 3. The van der Waals surface area contributed by atoms with Crippen molar-refractivity contribution in [3.8, 4) is 0 Å². The van der Waals surface area contributed by atoms with Crippen LogP contribution in [0.4, 0.5) is 0 Å². The molecule has 2 amide bonds. The highest BCUT2D eigenvalue weighted by atomic mass is 16.3. The molecule has 3 N–H and O–H groups in total. The van der Waals surface area contributed by atoms with Crippen LogP contribution in [-0.4, -0.2) is 37.0 Å². The summed E-state index contributed by atoms with van der Waals surface area (Å²) in [6.07, 6.45) is 3.82. The lowest BCUT2D eigenvalue weighted by Gasteiger charge is -2.31. The molecule has 0 saturated carbocycles. The first-order valence-electron chi connectivity index (χ1n) is 6.92. The molecule has 110 valence electrons. The first kappa shape index (κ1) is 14.6. The standard InChI is InChI=1S/C14H21N3O3/c1-9-3-5-15-7-12(9)17-13(18)10(2)16-14(19)11-4-6-20-8-11/h4,6,8-10,12,15H,3,5,7H2,1-2H3,(H,16,19)(H,17,18). The van der Waals surface area contributed by atoms with Crippen LogP contribution in [-0.2, 0) is 4.79 Å². The van der Waals surface area contributed by atoms with E-state index in [-0.39, 0.29) is 17.9 Å². The summed E-state index contributed by atoms with van der Waals surface area (Å²) in [5.41, 5.74) is 0.414. The fourth-order valence-electron chi connectivity index (χ4n) is 2.23. The Hall–Kier alpha value is -1.82. The predicted molar refractivity (Wildman–Crippen MR) is 74.2 cm³/mol. The minimum absolute atomic E-state index is 0.115. The minimum Gasteiger partial charge on any atom is -0.472 e. The average Bonchev–Trinajstić information content (AvgIpc) is 2.95. The van der Waals surface area contributed by atoms with E-state index in [1.165, 1.54) is 12.5 Å². The third kappa shape index (κ3) is 3.60. The van der Waals surface area contributed by atoms with Gasteiger partial charge in [0.25, 0.3) is 5.91 Å². The van der Waals surface area contributed by atoms with E-state index < -0.39 is 6.04 Å². The Labute approximate surface area is 118 Å². The predicted octanol–water partition coefficient (Wildman–Crippen LogP) is 0.512. The van der Waals surface area contributed by atoms with Crippen molar-refractivity contribution in [3.63, 3.8) is 0 Å². The molecule has 1 aromatic heterocycles. The van der Waals surface area contributed by atoms with Crippen LogP contribution in [0.25, 0.3) is 0 Å². The molecule has 0 aromatic carbocycles. The molecule has 0 spiro atoms. The van der Waals surface area contributed by atoms with Gasteiger partial charge in [-0.15, -0.1) is 0 Å². The SMILES string of the molecule is CC(NC(=O)c1ccoc1)C(=O)NC1CNCCC1C. The van der Waals surface area contributed by atoms with E-state index in [0.29, 0.717) is 11.5 Å². The highest BCUT2D eigenvalue weighted by Gasteiger charge is 2.25. The molecule has 1 aliphatic heterocycles. The van der Waals surface area contributed by atoms with Crippen LogP contribution < -0.4 is 16.0 Å². The Kier molecular flexibility index (Phi) is 4.79. The summed E-state index contributed by atoms with van der Waals surface area (Å²) in [6.45, 7) is 5.56. The molecule has 3 unspecified atom stereocenters. The minimum atomic E-state index is -0.577. The second kappa shape index (κ2) is 6.56. The molecule has 3 atom stereocenters. The van der Waals surface area contributed by atoms with E-state index in [1.54, 1.807) is 13.0 Å². The van der Waals surface area contributed by atoms with E-state index in [9.17, 15) is 9.59 Å². The van der Waals surface area contributed by atoms with Crippen LogP contribution in [0.2, 0.25) is 0 Å². The lowest BCUT2D eigenvalue weighted by molar-refractivity contribution is -0.123. The average molecular weight is 279 g/mol. The topological polar surface area (TPSA) is 83.4 Å². The summed E-state index contributed by atoms with van der Waals surface area (Å²) in [6, 6.07) is 1.10. The Morgan fingerprint density at radius 3 is 2.95 bits per heavy atom. The summed E-state index contributed by atoms with van der Waals surface area (Å²) < 4.78 is 4.84. The van der Waals surface area contributed by atoms with Gasteiger partial charge >= 0.3 is 0 Å². The summed E-state index contributed by atoms with van der Waals surface area (Å²) >= 11 is 0. The van der Waals surface area contributed by atoms with Gasteiger partial charge in [-0.2, -0.15) is 0 Å². The third-order valence-corrected chi connectivity index (χ3v) is 3.68. The van der Waals surface area contributed by atoms with E-state index in [4.69, 9.17) is 4.42 Å². The van der Waals surface area contributed by atoms with Crippen molar-refractivity contribution in [2.75, 3.05) is 13.1 Å². The smallest absolute Gasteiger partial charge is 0.255 e. The van der Waals surface area contributed by atoms with Crippen molar-refractivity contribution in [2.45, 2.75) is 32.4 Å². The number of amides is 2. The lowest BCUT2D eigenvalue weighted by Crippen LogP contribution is -2.54. The van der Waals surface area contributed by atoms with Gasteiger partial charge in [-0.25, -0.2) is 0 Å². The molecule has 0 radical (unpaired) electrons. The van der Waals surface area contributed by atoms with Crippen LogP contribution in [0.3, 0.4) is 0 Å². The zero-order chi connectivity index (χ0) is 14.5. The van der Waals surface area contributed by atoms with Gasteiger partial charge in [0.1, 0.15) is 12.3 Å². The van der Waals surface area contributed by atoms with Crippen LogP contribution in [0, 0.1) is 5.92 Å². The molecule has 2 heterocycles. The number of furan rings is 1. The molecule has 6 nitrogen and oxygen atoms in total. The maximum atomic E-state index is 12.1. The Balaban J connectivity index is 1.84. The van der Waals surface area contributed by atoms with Gasteiger partial charge < -0.3 is 20.4 Å². The second-order valence-corrected chi connectivity index (χ2v) is 5.29. The molecule has 0 bridgehead atoms. The molecular weight excluding hydrogens is 258 g/mol. The number of rotatable bonds is 4.